The first kappa shape index (κ1) is 16.1. The number of carbonyl (C=O) groups is 1. The van der Waals surface area contributed by atoms with Gasteiger partial charge in [0, 0.05) is 24.7 Å². The normalized spacial score (nSPS) is 28.0. The maximum Gasteiger partial charge on any atom is 0.255 e. The largest absolute Gasteiger partial charge is 0.507 e. The Bertz CT molecular complexity index is 575. The molecule has 2 heterocycles. The number of amides is 1. The van der Waals surface area contributed by atoms with Gasteiger partial charge in [0.05, 0.1) is 12.7 Å². The van der Waals surface area contributed by atoms with Crippen LogP contribution in [0.5, 0.6) is 11.5 Å². The van der Waals surface area contributed by atoms with Crippen molar-refractivity contribution in [3.63, 3.8) is 0 Å². The molecule has 1 aromatic rings. The summed E-state index contributed by atoms with van der Waals surface area (Å²) in [4.78, 5) is 15.1. The number of hydrogen-bond acceptors (Lipinski definition) is 4. The average Bonchev–Trinajstić information content (AvgIpc) is 2.55. The average molecular weight is 318 g/mol. The minimum atomic E-state index is -0.219. The van der Waals surface area contributed by atoms with Crippen molar-refractivity contribution in [2.24, 2.45) is 0 Å². The first-order chi connectivity index (χ1) is 11.1. The number of benzene rings is 1. The van der Waals surface area contributed by atoms with Crippen LogP contribution in [0.1, 0.15) is 49.4 Å². The smallest absolute Gasteiger partial charge is 0.255 e. The van der Waals surface area contributed by atoms with Gasteiger partial charge in [-0.05, 0) is 50.8 Å². The lowest BCUT2D eigenvalue weighted by Crippen LogP contribution is -2.54. The number of nitrogens with zero attached hydrogens (tertiary/aromatic N) is 1. The number of methoxy groups -OCH3 is 1. The van der Waals surface area contributed by atoms with E-state index < -0.39 is 0 Å². The van der Waals surface area contributed by atoms with Gasteiger partial charge in [-0.25, -0.2) is 0 Å². The second-order valence-electron chi connectivity index (χ2n) is 6.75. The standard InChI is InChI=1S/C18H26N2O3/c1-12-4-3-5-14-10-13(8-9-20(12)14)19-18(22)16-11-15(23-2)6-7-17(16)21/h6-7,11-14,21H,3-5,8-10H2,1-2H3,(H,19,22)/t12-,13+,14-/m1/s1. The highest BCUT2D eigenvalue weighted by Gasteiger charge is 2.34. The van der Waals surface area contributed by atoms with E-state index in [4.69, 9.17) is 4.74 Å². The second kappa shape index (κ2) is 6.79. The van der Waals surface area contributed by atoms with Crippen molar-refractivity contribution in [3.05, 3.63) is 23.8 Å². The molecule has 5 nitrogen and oxygen atoms in total. The Labute approximate surface area is 137 Å². The molecule has 3 atom stereocenters. The maximum atomic E-state index is 12.5. The lowest BCUT2D eigenvalue weighted by molar-refractivity contribution is 0.0457. The fourth-order valence-electron chi connectivity index (χ4n) is 3.97. The van der Waals surface area contributed by atoms with Gasteiger partial charge >= 0.3 is 0 Å². The van der Waals surface area contributed by atoms with Gasteiger partial charge in [0.2, 0.25) is 0 Å². The summed E-state index contributed by atoms with van der Waals surface area (Å²) in [6.07, 6.45) is 5.75. The van der Waals surface area contributed by atoms with Crippen LogP contribution in [0.15, 0.2) is 18.2 Å². The number of hydrogen-bond donors (Lipinski definition) is 2. The Morgan fingerprint density at radius 1 is 1.35 bits per heavy atom. The summed E-state index contributed by atoms with van der Waals surface area (Å²) < 4.78 is 5.13. The number of phenols is 1. The predicted molar refractivity (Wildman–Crippen MR) is 89.0 cm³/mol. The molecule has 0 aromatic heterocycles. The summed E-state index contributed by atoms with van der Waals surface area (Å²) in [6, 6.07) is 6.15. The van der Waals surface area contributed by atoms with Crippen LogP contribution < -0.4 is 10.1 Å². The van der Waals surface area contributed by atoms with Crippen molar-refractivity contribution in [3.8, 4) is 11.5 Å². The molecule has 1 aromatic carbocycles. The highest BCUT2D eigenvalue weighted by Crippen LogP contribution is 2.30. The summed E-state index contributed by atoms with van der Waals surface area (Å²) in [5.41, 5.74) is 0.281. The zero-order valence-corrected chi connectivity index (χ0v) is 13.9. The van der Waals surface area contributed by atoms with Gasteiger partial charge in [-0.3, -0.25) is 9.69 Å². The zero-order valence-electron chi connectivity index (χ0n) is 13.9. The summed E-state index contributed by atoms with van der Waals surface area (Å²) in [7, 11) is 1.55. The zero-order chi connectivity index (χ0) is 16.4. The van der Waals surface area contributed by atoms with E-state index in [2.05, 4.69) is 17.1 Å². The Morgan fingerprint density at radius 3 is 2.96 bits per heavy atom. The fourth-order valence-corrected chi connectivity index (χ4v) is 3.97. The minimum absolute atomic E-state index is 0.00738. The summed E-state index contributed by atoms with van der Waals surface area (Å²) >= 11 is 0. The van der Waals surface area contributed by atoms with Gasteiger partial charge in [0.25, 0.3) is 5.91 Å². The molecular formula is C18H26N2O3. The summed E-state index contributed by atoms with van der Waals surface area (Å²) in [5, 5.41) is 13.0. The molecule has 2 aliphatic heterocycles. The van der Waals surface area contributed by atoms with Crippen molar-refractivity contribution < 1.29 is 14.6 Å². The molecule has 0 saturated carbocycles. The van der Waals surface area contributed by atoms with Crippen molar-refractivity contribution in [2.45, 2.75) is 57.2 Å². The van der Waals surface area contributed by atoms with Crippen molar-refractivity contribution >= 4 is 5.91 Å². The molecule has 1 amide bonds. The van der Waals surface area contributed by atoms with E-state index in [1.165, 1.54) is 25.3 Å². The number of nitrogens with one attached hydrogen (secondary N) is 1. The molecular weight excluding hydrogens is 292 g/mol. The van der Waals surface area contributed by atoms with Gasteiger partial charge in [-0.2, -0.15) is 0 Å². The van der Waals surface area contributed by atoms with Gasteiger partial charge in [0.1, 0.15) is 11.5 Å². The molecule has 2 saturated heterocycles. The van der Waals surface area contributed by atoms with Crippen LogP contribution in [0.2, 0.25) is 0 Å². The van der Waals surface area contributed by atoms with Crippen molar-refractivity contribution in [2.75, 3.05) is 13.7 Å². The molecule has 2 fully saturated rings. The molecule has 23 heavy (non-hydrogen) atoms. The van der Waals surface area contributed by atoms with E-state index in [0.717, 1.165) is 19.4 Å². The third kappa shape index (κ3) is 3.44. The fraction of sp³-hybridized carbons (Fsp3) is 0.611. The molecule has 0 radical (unpaired) electrons. The lowest BCUT2D eigenvalue weighted by Gasteiger charge is -2.46. The number of phenolic OH excluding ortho intramolecular Hbond substituents is 1. The molecule has 2 N–H and O–H groups in total. The van der Waals surface area contributed by atoms with Crippen molar-refractivity contribution in [1.29, 1.82) is 0 Å². The third-order valence-corrected chi connectivity index (χ3v) is 5.27. The Balaban J connectivity index is 1.65. The summed E-state index contributed by atoms with van der Waals surface area (Å²) in [5.74, 6) is 0.347. The molecule has 0 aliphatic carbocycles. The predicted octanol–water partition coefficient (Wildman–Crippen LogP) is 2.54. The molecule has 0 bridgehead atoms. The lowest BCUT2D eigenvalue weighted by atomic mass is 9.87. The number of carbonyl (C=O) groups excluding carboxylic acids is 1. The van der Waals surface area contributed by atoms with Crippen LogP contribution in [0.25, 0.3) is 0 Å². The van der Waals surface area contributed by atoms with E-state index in [-0.39, 0.29) is 23.3 Å². The number of rotatable bonds is 3. The molecule has 2 aliphatic rings. The monoisotopic (exact) mass is 318 g/mol. The second-order valence-corrected chi connectivity index (χ2v) is 6.75. The number of ether oxygens (including phenoxy) is 1. The molecule has 5 heteroatoms. The van der Waals surface area contributed by atoms with E-state index in [9.17, 15) is 9.90 Å². The molecule has 0 unspecified atom stereocenters. The van der Waals surface area contributed by atoms with E-state index in [1.807, 2.05) is 0 Å². The highest BCUT2D eigenvalue weighted by atomic mass is 16.5. The van der Waals surface area contributed by atoms with Gasteiger partial charge in [0.15, 0.2) is 0 Å². The van der Waals surface area contributed by atoms with Crippen molar-refractivity contribution in [1.82, 2.24) is 10.2 Å². The Kier molecular flexibility index (Phi) is 4.76. The number of piperidine rings is 2. The molecule has 3 rings (SSSR count). The SMILES string of the molecule is COc1ccc(O)c(C(=O)N[C@H]2CCN3[C@H](CCC[C@H]3C)C2)c1. The van der Waals surface area contributed by atoms with Crippen LogP contribution in [-0.2, 0) is 0 Å². The van der Waals surface area contributed by atoms with E-state index in [0.29, 0.717) is 17.8 Å². The van der Waals surface area contributed by atoms with Gasteiger partial charge in [-0.1, -0.05) is 6.42 Å². The third-order valence-electron chi connectivity index (χ3n) is 5.27. The van der Waals surface area contributed by atoms with E-state index in [1.54, 1.807) is 19.2 Å². The van der Waals surface area contributed by atoms with Crippen LogP contribution in [0.3, 0.4) is 0 Å². The molecule has 126 valence electrons. The van der Waals surface area contributed by atoms with Gasteiger partial charge in [-0.15, -0.1) is 0 Å². The van der Waals surface area contributed by atoms with E-state index >= 15 is 0 Å². The maximum absolute atomic E-state index is 12.5. The molecule has 0 spiro atoms. The van der Waals surface area contributed by atoms with Gasteiger partial charge < -0.3 is 15.2 Å². The van der Waals surface area contributed by atoms with Crippen LogP contribution in [0.4, 0.5) is 0 Å². The first-order valence-electron chi connectivity index (χ1n) is 8.52. The topological polar surface area (TPSA) is 61.8 Å². The van der Waals surface area contributed by atoms with Crippen LogP contribution >= 0.6 is 0 Å². The Hall–Kier alpha value is -1.75. The van der Waals surface area contributed by atoms with Crippen LogP contribution in [0, 0.1) is 0 Å². The number of aromatic hydroxyl groups is 1. The number of fused-ring (bicyclic) bond motifs is 1. The highest BCUT2D eigenvalue weighted by molar-refractivity contribution is 5.97. The summed E-state index contributed by atoms with van der Waals surface area (Å²) in [6.45, 7) is 3.35. The quantitative estimate of drug-likeness (QED) is 0.899. The Morgan fingerprint density at radius 2 is 2.17 bits per heavy atom. The first-order valence-corrected chi connectivity index (χ1v) is 8.52. The minimum Gasteiger partial charge on any atom is -0.507 e. The van der Waals surface area contributed by atoms with Crippen LogP contribution in [-0.4, -0.2) is 47.7 Å².